The van der Waals surface area contributed by atoms with E-state index >= 15 is 0 Å². The number of fused-ring (bicyclic) bond motifs is 1. The van der Waals surface area contributed by atoms with Crippen LogP contribution < -0.4 is 4.90 Å². The van der Waals surface area contributed by atoms with Gasteiger partial charge in [0.25, 0.3) is 0 Å². The quantitative estimate of drug-likeness (QED) is 0.239. The number of benzene rings is 3. The molecule has 4 aromatic rings. The maximum Gasteiger partial charge on any atom is 0.247 e. The minimum absolute atomic E-state index is 0.0477. The molecule has 45 heavy (non-hydrogen) atoms. The second kappa shape index (κ2) is 13.9. The summed E-state index contributed by atoms with van der Waals surface area (Å²) in [7, 11) is 0. The first-order chi connectivity index (χ1) is 21.9. The highest BCUT2D eigenvalue weighted by atomic mass is 16.5. The molecule has 2 aliphatic heterocycles. The van der Waals surface area contributed by atoms with Gasteiger partial charge in [-0.25, -0.2) is 4.98 Å². The van der Waals surface area contributed by atoms with E-state index in [1.165, 1.54) is 11.6 Å². The highest BCUT2D eigenvalue weighted by molar-refractivity contribution is 5.95. The Kier molecular flexibility index (Phi) is 9.41. The molecule has 0 saturated carbocycles. The number of amides is 2. The Bertz CT molecular complexity index is 1640. The molecule has 1 aromatic heterocycles. The van der Waals surface area contributed by atoms with Crippen LogP contribution in [0.5, 0.6) is 0 Å². The topological polar surface area (TPSA) is 79.1 Å². The van der Waals surface area contributed by atoms with Crippen LogP contribution in [-0.4, -0.2) is 65.5 Å². The molecule has 232 valence electrons. The lowest BCUT2D eigenvalue weighted by Gasteiger charge is -2.37. The van der Waals surface area contributed by atoms with Gasteiger partial charge < -0.3 is 23.9 Å². The van der Waals surface area contributed by atoms with Gasteiger partial charge in [-0.15, -0.1) is 0 Å². The average Bonchev–Trinajstić information content (AvgIpc) is 3.41. The molecule has 0 spiro atoms. The van der Waals surface area contributed by atoms with Gasteiger partial charge in [-0.3, -0.25) is 9.59 Å². The fourth-order valence-corrected chi connectivity index (χ4v) is 6.18. The second-order valence-corrected chi connectivity index (χ2v) is 11.7. The van der Waals surface area contributed by atoms with E-state index in [1.807, 2.05) is 54.3 Å². The van der Waals surface area contributed by atoms with Crippen molar-refractivity contribution in [2.75, 3.05) is 37.7 Å². The summed E-state index contributed by atoms with van der Waals surface area (Å²) in [5, 5.41) is 0. The summed E-state index contributed by atoms with van der Waals surface area (Å²) in [4.78, 5) is 39.0. The van der Waals surface area contributed by atoms with Gasteiger partial charge in [0.05, 0.1) is 13.2 Å². The normalized spacial score (nSPS) is 15.6. The van der Waals surface area contributed by atoms with Crippen LogP contribution >= 0.6 is 0 Å². The number of aromatic nitrogens is 1. The van der Waals surface area contributed by atoms with Gasteiger partial charge in [0, 0.05) is 57.8 Å². The Morgan fingerprint density at radius 3 is 2.31 bits per heavy atom. The fourth-order valence-electron chi connectivity index (χ4n) is 6.18. The van der Waals surface area contributed by atoms with Crippen molar-refractivity contribution in [1.82, 2.24) is 14.8 Å². The Labute approximate surface area is 264 Å². The molecule has 0 N–H and O–H groups in total. The number of ether oxygens (including phenoxy) is 1. The standard InChI is InChI=1S/C37H40N4O4/c1-27-34(38-28(2)45-27)16-17-36(42)41(25-30-12-14-33(15-13-30)39-20-22-44-23-21-39)35(24-29-8-4-3-5-9-29)37(43)40-19-18-31-10-6-7-11-32(31)26-40/h3-17,35H,18-26H2,1-2H3. The molecule has 2 amide bonds. The molecule has 0 bridgehead atoms. The minimum atomic E-state index is -0.700. The maximum absolute atomic E-state index is 14.5. The number of anilines is 1. The second-order valence-electron chi connectivity index (χ2n) is 11.7. The SMILES string of the molecule is Cc1nc(C=CC(=O)N(Cc2ccc(N3CCOCC3)cc2)C(Cc2ccccc2)C(=O)N2CCc3ccccc3C2)c(C)o1. The van der Waals surface area contributed by atoms with Crippen molar-refractivity contribution < 1.29 is 18.7 Å². The van der Waals surface area contributed by atoms with Gasteiger partial charge in [-0.1, -0.05) is 66.7 Å². The first-order valence-electron chi connectivity index (χ1n) is 15.7. The molecule has 3 heterocycles. The summed E-state index contributed by atoms with van der Waals surface area (Å²) >= 11 is 0. The van der Waals surface area contributed by atoms with Crippen LogP contribution in [0.1, 0.15) is 39.6 Å². The van der Waals surface area contributed by atoms with E-state index in [2.05, 4.69) is 46.3 Å². The number of hydrogen-bond donors (Lipinski definition) is 0. The number of oxazole rings is 1. The Hall–Kier alpha value is -4.69. The predicted molar refractivity (Wildman–Crippen MR) is 175 cm³/mol. The van der Waals surface area contributed by atoms with Crippen molar-refractivity contribution in [2.24, 2.45) is 0 Å². The Balaban J connectivity index is 1.33. The summed E-state index contributed by atoms with van der Waals surface area (Å²) in [5.41, 5.74) is 6.12. The molecule has 8 heteroatoms. The lowest BCUT2D eigenvalue weighted by Crippen LogP contribution is -2.52. The van der Waals surface area contributed by atoms with Gasteiger partial charge in [-0.2, -0.15) is 0 Å². The summed E-state index contributed by atoms with van der Waals surface area (Å²) in [6.45, 7) is 8.17. The van der Waals surface area contributed by atoms with Crippen molar-refractivity contribution in [1.29, 1.82) is 0 Å². The molecule has 1 unspecified atom stereocenters. The fraction of sp³-hybridized carbons (Fsp3) is 0.324. The van der Waals surface area contributed by atoms with Crippen molar-refractivity contribution in [2.45, 2.75) is 45.8 Å². The first kappa shape index (κ1) is 30.3. The molecule has 0 radical (unpaired) electrons. The smallest absolute Gasteiger partial charge is 0.247 e. The van der Waals surface area contributed by atoms with Crippen molar-refractivity contribution in [3.05, 3.63) is 125 Å². The highest BCUT2D eigenvalue weighted by Crippen LogP contribution is 2.24. The van der Waals surface area contributed by atoms with Gasteiger partial charge in [0.2, 0.25) is 11.8 Å². The summed E-state index contributed by atoms with van der Waals surface area (Å²) in [5.74, 6) is 0.887. The van der Waals surface area contributed by atoms with E-state index in [-0.39, 0.29) is 18.4 Å². The number of rotatable bonds is 9. The van der Waals surface area contributed by atoms with E-state index in [4.69, 9.17) is 9.15 Å². The van der Waals surface area contributed by atoms with E-state index in [0.29, 0.717) is 50.1 Å². The zero-order valence-corrected chi connectivity index (χ0v) is 26.0. The van der Waals surface area contributed by atoms with Crippen LogP contribution in [0.15, 0.2) is 89.4 Å². The molecular weight excluding hydrogens is 564 g/mol. The van der Waals surface area contributed by atoms with Crippen LogP contribution in [0.25, 0.3) is 6.08 Å². The summed E-state index contributed by atoms with van der Waals surface area (Å²) < 4.78 is 11.1. The van der Waals surface area contributed by atoms with Crippen molar-refractivity contribution >= 4 is 23.6 Å². The number of carbonyl (C=O) groups excluding carboxylic acids is 2. The number of nitrogens with zero attached hydrogens (tertiary/aromatic N) is 4. The summed E-state index contributed by atoms with van der Waals surface area (Å²) in [6.07, 6.45) is 4.40. The van der Waals surface area contributed by atoms with Gasteiger partial charge in [0.15, 0.2) is 5.89 Å². The molecule has 8 nitrogen and oxygen atoms in total. The van der Waals surface area contributed by atoms with Crippen LogP contribution in [-0.2, 0) is 40.3 Å². The maximum atomic E-state index is 14.5. The molecule has 1 fully saturated rings. The van der Waals surface area contributed by atoms with E-state index in [0.717, 1.165) is 41.9 Å². The largest absolute Gasteiger partial charge is 0.446 e. The third-order valence-corrected chi connectivity index (χ3v) is 8.65. The molecule has 2 aliphatic rings. The zero-order chi connectivity index (χ0) is 31.2. The third kappa shape index (κ3) is 7.35. The molecule has 3 aromatic carbocycles. The van der Waals surface area contributed by atoms with Gasteiger partial charge in [-0.05, 0) is 53.8 Å². The average molecular weight is 605 g/mol. The van der Waals surface area contributed by atoms with Crippen molar-refractivity contribution in [3.63, 3.8) is 0 Å². The van der Waals surface area contributed by atoms with Gasteiger partial charge in [0.1, 0.15) is 17.5 Å². The number of morpholine rings is 1. The van der Waals surface area contributed by atoms with Crippen LogP contribution in [0, 0.1) is 13.8 Å². The molecular formula is C37H40N4O4. The highest BCUT2D eigenvalue weighted by Gasteiger charge is 2.34. The van der Waals surface area contributed by atoms with E-state index in [1.54, 1.807) is 17.9 Å². The van der Waals surface area contributed by atoms with Crippen molar-refractivity contribution in [3.8, 4) is 0 Å². The predicted octanol–water partition coefficient (Wildman–Crippen LogP) is 5.37. The zero-order valence-electron chi connectivity index (χ0n) is 26.0. The number of aryl methyl sites for hydroxylation is 2. The summed E-state index contributed by atoms with van der Waals surface area (Å²) in [6, 6.07) is 25.8. The van der Waals surface area contributed by atoms with Crippen LogP contribution in [0.3, 0.4) is 0 Å². The number of carbonyl (C=O) groups is 2. The van der Waals surface area contributed by atoms with Crippen LogP contribution in [0.2, 0.25) is 0 Å². The third-order valence-electron chi connectivity index (χ3n) is 8.65. The van der Waals surface area contributed by atoms with E-state index in [9.17, 15) is 9.59 Å². The molecule has 1 saturated heterocycles. The number of hydrogen-bond acceptors (Lipinski definition) is 6. The minimum Gasteiger partial charge on any atom is -0.446 e. The lowest BCUT2D eigenvalue weighted by molar-refractivity contribution is -0.144. The molecule has 0 aliphatic carbocycles. The Morgan fingerprint density at radius 1 is 0.889 bits per heavy atom. The Morgan fingerprint density at radius 2 is 1.60 bits per heavy atom. The van der Waals surface area contributed by atoms with Crippen LogP contribution in [0.4, 0.5) is 5.69 Å². The lowest BCUT2D eigenvalue weighted by atomic mass is 9.97. The first-order valence-corrected chi connectivity index (χ1v) is 15.7. The molecule has 1 atom stereocenters. The van der Waals surface area contributed by atoms with Gasteiger partial charge >= 0.3 is 0 Å². The molecule has 6 rings (SSSR count). The van der Waals surface area contributed by atoms with E-state index < -0.39 is 6.04 Å². The monoisotopic (exact) mass is 604 g/mol.